The molecule has 0 aromatic heterocycles. The summed E-state index contributed by atoms with van der Waals surface area (Å²) in [5.41, 5.74) is 3.42. The van der Waals surface area contributed by atoms with Crippen LogP contribution in [0.4, 0.5) is 0 Å². The number of nitrogens with one attached hydrogen (secondary N) is 2. The molecule has 62 valence electrons. The summed E-state index contributed by atoms with van der Waals surface area (Å²) in [5.74, 6) is -0.700. The Kier molecular flexibility index (Phi) is 1.79. The summed E-state index contributed by atoms with van der Waals surface area (Å²) in [7, 11) is -0.0241. The minimum Gasteiger partial charge on any atom is -0.321 e. The standard InChI is InChI=1S/C7H7N2O2P/c10-5-3-1-2-4-6(5)7(11)12-9-8-4/h1-3,6,8-9,12H. The van der Waals surface area contributed by atoms with Crippen LogP contribution in [0, 0.1) is 5.92 Å². The van der Waals surface area contributed by atoms with Crippen molar-refractivity contribution in [2.24, 2.45) is 5.92 Å². The smallest absolute Gasteiger partial charge is 0.184 e. The maximum Gasteiger partial charge on any atom is 0.184 e. The fourth-order valence-corrected chi connectivity index (χ4v) is 1.99. The minimum atomic E-state index is -0.574. The summed E-state index contributed by atoms with van der Waals surface area (Å²) in [4.78, 5) is 22.5. The summed E-state index contributed by atoms with van der Waals surface area (Å²) in [6.45, 7) is 0. The van der Waals surface area contributed by atoms with Crippen LogP contribution >= 0.6 is 8.73 Å². The molecule has 2 atom stereocenters. The SMILES string of the molecule is O=C1C=CC=C2NNPC(=O)C12. The van der Waals surface area contributed by atoms with Gasteiger partial charge < -0.3 is 5.43 Å². The van der Waals surface area contributed by atoms with Crippen LogP contribution in [0.2, 0.25) is 0 Å². The summed E-state index contributed by atoms with van der Waals surface area (Å²) in [5, 5.41) is 2.73. The lowest BCUT2D eigenvalue weighted by atomic mass is 9.97. The Morgan fingerprint density at radius 3 is 3.00 bits per heavy atom. The van der Waals surface area contributed by atoms with E-state index in [1.54, 1.807) is 12.2 Å². The first-order chi connectivity index (χ1) is 5.79. The molecule has 1 aliphatic heterocycles. The Bertz CT molecular complexity index is 309. The predicted octanol–water partition coefficient (Wildman–Crippen LogP) is -0.147. The molecule has 0 aromatic rings. The van der Waals surface area contributed by atoms with Crippen LogP contribution in [0.15, 0.2) is 23.9 Å². The van der Waals surface area contributed by atoms with Crippen molar-refractivity contribution >= 4 is 20.0 Å². The fraction of sp³-hybridized carbons (Fsp3) is 0.143. The van der Waals surface area contributed by atoms with Gasteiger partial charge in [-0.2, -0.15) is 0 Å². The zero-order valence-corrected chi connectivity index (χ0v) is 7.13. The number of rotatable bonds is 0. The number of allylic oxidation sites excluding steroid dienone is 4. The number of hydrogen-bond donors (Lipinski definition) is 2. The van der Waals surface area contributed by atoms with Gasteiger partial charge in [0, 0.05) is 14.4 Å². The molecule has 5 heteroatoms. The molecule has 0 bridgehead atoms. The topological polar surface area (TPSA) is 58.2 Å². The van der Waals surface area contributed by atoms with Crippen LogP contribution in [0.25, 0.3) is 0 Å². The lowest BCUT2D eigenvalue weighted by molar-refractivity contribution is -0.124. The van der Waals surface area contributed by atoms with Gasteiger partial charge in [-0.25, -0.2) is 5.20 Å². The molecule has 1 saturated heterocycles. The zero-order chi connectivity index (χ0) is 8.55. The first-order valence-corrected chi connectivity index (χ1v) is 4.52. The molecule has 2 rings (SSSR count). The number of carbonyl (C=O) groups is 2. The third-order valence-corrected chi connectivity index (χ3v) is 2.57. The Morgan fingerprint density at radius 2 is 2.25 bits per heavy atom. The van der Waals surface area contributed by atoms with E-state index in [1.165, 1.54) is 6.08 Å². The number of carbonyl (C=O) groups excluding carboxylic acids is 2. The normalized spacial score (nSPS) is 29.7. The highest BCUT2D eigenvalue weighted by atomic mass is 31.1. The molecule has 0 radical (unpaired) electrons. The molecular weight excluding hydrogens is 175 g/mol. The maximum absolute atomic E-state index is 11.3. The van der Waals surface area contributed by atoms with Gasteiger partial charge in [-0.1, -0.05) is 6.08 Å². The Hall–Kier alpha value is -0.990. The molecule has 1 fully saturated rings. The molecule has 0 saturated carbocycles. The Balaban J connectivity index is 2.35. The first kappa shape index (κ1) is 7.65. The second-order valence-electron chi connectivity index (χ2n) is 2.56. The number of fused-ring (bicyclic) bond motifs is 1. The molecule has 0 amide bonds. The second-order valence-corrected chi connectivity index (χ2v) is 3.55. The molecule has 0 spiro atoms. The van der Waals surface area contributed by atoms with Gasteiger partial charge in [0.25, 0.3) is 0 Å². The number of hydrogen-bond acceptors (Lipinski definition) is 4. The van der Waals surface area contributed by atoms with Gasteiger partial charge in [-0.05, 0) is 12.2 Å². The molecule has 2 unspecified atom stereocenters. The van der Waals surface area contributed by atoms with E-state index in [1.807, 2.05) is 0 Å². The summed E-state index contributed by atoms with van der Waals surface area (Å²) in [6, 6.07) is 0. The summed E-state index contributed by atoms with van der Waals surface area (Å²) >= 11 is 0. The van der Waals surface area contributed by atoms with E-state index in [9.17, 15) is 9.59 Å². The van der Waals surface area contributed by atoms with Crippen molar-refractivity contribution in [3.05, 3.63) is 23.9 Å². The molecule has 0 aromatic carbocycles. The average Bonchev–Trinajstić information content (AvgIpc) is 2.04. The molecule has 4 nitrogen and oxygen atoms in total. The van der Waals surface area contributed by atoms with Crippen LogP contribution in [0.3, 0.4) is 0 Å². The summed E-state index contributed by atoms with van der Waals surface area (Å²) < 4.78 is 0. The Labute approximate surface area is 70.9 Å². The third kappa shape index (κ3) is 1.09. The minimum absolute atomic E-state index is 0.0241. The number of ketones is 1. The van der Waals surface area contributed by atoms with Crippen LogP contribution in [0.5, 0.6) is 0 Å². The van der Waals surface area contributed by atoms with Gasteiger partial charge >= 0.3 is 0 Å². The van der Waals surface area contributed by atoms with Crippen molar-refractivity contribution < 1.29 is 9.59 Å². The van der Waals surface area contributed by atoms with Gasteiger partial charge in [0.05, 0.1) is 0 Å². The molecular formula is C7H7N2O2P. The van der Waals surface area contributed by atoms with Crippen molar-refractivity contribution in [2.45, 2.75) is 0 Å². The van der Waals surface area contributed by atoms with Gasteiger partial charge in [0.15, 0.2) is 11.3 Å². The van der Waals surface area contributed by atoms with E-state index in [0.29, 0.717) is 5.70 Å². The lowest BCUT2D eigenvalue weighted by Gasteiger charge is -2.25. The molecule has 2 N–H and O–H groups in total. The zero-order valence-electron chi connectivity index (χ0n) is 6.13. The van der Waals surface area contributed by atoms with Crippen molar-refractivity contribution in [2.75, 3.05) is 0 Å². The van der Waals surface area contributed by atoms with E-state index < -0.39 is 5.92 Å². The monoisotopic (exact) mass is 182 g/mol. The van der Waals surface area contributed by atoms with Crippen molar-refractivity contribution in [3.8, 4) is 0 Å². The van der Waals surface area contributed by atoms with E-state index in [0.717, 1.165) is 0 Å². The Morgan fingerprint density at radius 1 is 1.42 bits per heavy atom. The van der Waals surface area contributed by atoms with E-state index >= 15 is 0 Å². The van der Waals surface area contributed by atoms with Gasteiger partial charge in [-0.15, -0.1) is 0 Å². The summed E-state index contributed by atoms with van der Waals surface area (Å²) in [6.07, 6.45) is 4.81. The quantitative estimate of drug-likeness (QED) is 0.404. The average molecular weight is 182 g/mol. The van der Waals surface area contributed by atoms with Gasteiger partial charge in [-0.3, -0.25) is 9.59 Å². The second kappa shape index (κ2) is 2.81. The third-order valence-electron chi connectivity index (χ3n) is 1.79. The highest BCUT2D eigenvalue weighted by Crippen LogP contribution is 2.26. The van der Waals surface area contributed by atoms with Crippen LogP contribution < -0.4 is 10.6 Å². The highest BCUT2D eigenvalue weighted by molar-refractivity contribution is 7.56. The van der Waals surface area contributed by atoms with Crippen LogP contribution in [-0.4, -0.2) is 11.3 Å². The largest absolute Gasteiger partial charge is 0.321 e. The first-order valence-electron chi connectivity index (χ1n) is 3.52. The fourth-order valence-electron chi connectivity index (χ4n) is 1.21. The lowest BCUT2D eigenvalue weighted by Crippen LogP contribution is -2.41. The van der Waals surface area contributed by atoms with Gasteiger partial charge in [0.1, 0.15) is 5.92 Å². The molecule has 12 heavy (non-hydrogen) atoms. The van der Waals surface area contributed by atoms with Crippen molar-refractivity contribution in [1.82, 2.24) is 10.6 Å². The van der Waals surface area contributed by atoms with Crippen molar-refractivity contribution in [3.63, 3.8) is 0 Å². The molecule has 1 heterocycles. The molecule has 2 aliphatic rings. The number of hydrazine groups is 1. The predicted molar refractivity (Wildman–Crippen MR) is 45.3 cm³/mol. The molecule has 1 aliphatic carbocycles. The van der Waals surface area contributed by atoms with E-state index in [4.69, 9.17) is 0 Å². The van der Waals surface area contributed by atoms with Crippen LogP contribution in [0.1, 0.15) is 0 Å². The van der Waals surface area contributed by atoms with Gasteiger partial charge in [0.2, 0.25) is 0 Å². The van der Waals surface area contributed by atoms with E-state index in [-0.39, 0.29) is 20.0 Å². The van der Waals surface area contributed by atoms with E-state index in [2.05, 4.69) is 10.6 Å². The maximum atomic E-state index is 11.3. The van der Waals surface area contributed by atoms with Crippen LogP contribution in [-0.2, 0) is 9.59 Å². The highest BCUT2D eigenvalue weighted by Gasteiger charge is 2.32. The van der Waals surface area contributed by atoms with Crippen molar-refractivity contribution in [1.29, 1.82) is 0 Å².